The lowest BCUT2D eigenvalue weighted by Gasteiger charge is -2.13. The van der Waals surface area contributed by atoms with Crippen LogP contribution in [0.3, 0.4) is 0 Å². The molecule has 4 nitrogen and oxygen atoms in total. The van der Waals surface area contributed by atoms with Crippen molar-refractivity contribution >= 4 is 0 Å². The summed E-state index contributed by atoms with van der Waals surface area (Å²) in [5, 5.41) is 10.4. The van der Waals surface area contributed by atoms with Gasteiger partial charge in [-0.3, -0.25) is 0 Å². The van der Waals surface area contributed by atoms with Crippen molar-refractivity contribution in [2.75, 3.05) is 0 Å². The molecule has 1 saturated carbocycles. The number of rotatable bonds is 3. The van der Waals surface area contributed by atoms with E-state index in [1.807, 2.05) is 0 Å². The zero-order chi connectivity index (χ0) is 9.10. The van der Waals surface area contributed by atoms with Crippen molar-refractivity contribution in [1.29, 1.82) is 0 Å². The van der Waals surface area contributed by atoms with Gasteiger partial charge in [-0.05, 0) is 12.3 Å². The van der Waals surface area contributed by atoms with E-state index >= 15 is 0 Å². The minimum Gasteiger partial charge on any atom is -0.323 e. The van der Waals surface area contributed by atoms with Gasteiger partial charge in [0.15, 0.2) is 0 Å². The molecular formula is C9H16N4. The third-order valence-corrected chi connectivity index (χ3v) is 2.88. The summed E-state index contributed by atoms with van der Waals surface area (Å²) in [7, 11) is 0. The van der Waals surface area contributed by atoms with E-state index in [1.54, 1.807) is 6.20 Å². The van der Waals surface area contributed by atoms with Crippen molar-refractivity contribution in [2.45, 2.75) is 38.1 Å². The predicted octanol–water partition coefficient (Wildman–Crippen LogP) is 1.38. The van der Waals surface area contributed by atoms with E-state index in [0.29, 0.717) is 0 Å². The van der Waals surface area contributed by atoms with Crippen molar-refractivity contribution in [2.24, 2.45) is 11.7 Å². The molecule has 1 atom stereocenters. The summed E-state index contributed by atoms with van der Waals surface area (Å²) >= 11 is 0. The fourth-order valence-corrected chi connectivity index (χ4v) is 2.12. The highest BCUT2D eigenvalue weighted by molar-refractivity contribution is 4.98. The number of hydrogen-bond acceptors (Lipinski definition) is 3. The topological polar surface area (TPSA) is 67.6 Å². The van der Waals surface area contributed by atoms with E-state index in [9.17, 15) is 0 Å². The molecule has 4 heteroatoms. The third kappa shape index (κ3) is 2.06. The normalized spacial score (nSPS) is 20.7. The molecule has 0 bridgehead atoms. The molecule has 0 spiro atoms. The van der Waals surface area contributed by atoms with Gasteiger partial charge in [-0.25, -0.2) is 0 Å². The molecule has 13 heavy (non-hydrogen) atoms. The maximum Gasteiger partial charge on any atom is 0.0991 e. The first-order valence-corrected chi connectivity index (χ1v) is 4.97. The molecule has 0 amide bonds. The summed E-state index contributed by atoms with van der Waals surface area (Å²) in [5.41, 5.74) is 6.89. The van der Waals surface area contributed by atoms with Gasteiger partial charge in [0, 0.05) is 0 Å². The average Bonchev–Trinajstić information content (AvgIpc) is 2.74. The first kappa shape index (κ1) is 8.69. The number of nitrogens with one attached hydrogen (secondary N) is 1. The second-order valence-corrected chi connectivity index (χ2v) is 3.89. The summed E-state index contributed by atoms with van der Waals surface area (Å²) in [4.78, 5) is 0. The van der Waals surface area contributed by atoms with Crippen molar-refractivity contribution < 1.29 is 0 Å². The Labute approximate surface area is 77.9 Å². The van der Waals surface area contributed by atoms with Gasteiger partial charge in [-0.1, -0.05) is 25.7 Å². The van der Waals surface area contributed by atoms with Gasteiger partial charge < -0.3 is 5.73 Å². The number of H-pyrrole nitrogens is 1. The van der Waals surface area contributed by atoms with Crippen LogP contribution >= 0.6 is 0 Å². The van der Waals surface area contributed by atoms with Crippen LogP contribution in [0.2, 0.25) is 0 Å². The standard InChI is InChI=1S/C9H16N4/c10-8(9-6-11-13-12-9)5-7-3-1-2-4-7/h6-8H,1-5,10H2,(H,11,12,13). The zero-order valence-electron chi connectivity index (χ0n) is 7.74. The summed E-state index contributed by atoms with van der Waals surface area (Å²) in [6, 6.07) is 0.0712. The Balaban J connectivity index is 1.87. The third-order valence-electron chi connectivity index (χ3n) is 2.88. The van der Waals surface area contributed by atoms with Crippen LogP contribution in [0.25, 0.3) is 0 Å². The van der Waals surface area contributed by atoms with E-state index in [-0.39, 0.29) is 6.04 Å². The van der Waals surface area contributed by atoms with Gasteiger partial charge in [-0.15, -0.1) is 0 Å². The molecule has 3 N–H and O–H groups in total. The van der Waals surface area contributed by atoms with Crippen LogP contribution < -0.4 is 5.73 Å². The summed E-state index contributed by atoms with van der Waals surface area (Å²) < 4.78 is 0. The van der Waals surface area contributed by atoms with Gasteiger partial charge >= 0.3 is 0 Å². The number of hydrogen-bond donors (Lipinski definition) is 2. The van der Waals surface area contributed by atoms with E-state index in [2.05, 4.69) is 15.4 Å². The highest BCUT2D eigenvalue weighted by Gasteiger charge is 2.19. The first-order chi connectivity index (χ1) is 6.36. The Kier molecular flexibility index (Phi) is 2.59. The Bertz CT molecular complexity index is 238. The van der Waals surface area contributed by atoms with Crippen LogP contribution in [-0.2, 0) is 0 Å². The fourth-order valence-electron chi connectivity index (χ4n) is 2.12. The highest BCUT2D eigenvalue weighted by Crippen LogP contribution is 2.31. The zero-order valence-corrected chi connectivity index (χ0v) is 7.74. The van der Waals surface area contributed by atoms with E-state index < -0.39 is 0 Å². The Morgan fingerprint density at radius 1 is 1.54 bits per heavy atom. The second-order valence-electron chi connectivity index (χ2n) is 3.89. The predicted molar refractivity (Wildman–Crippen MR) is 49.9 cm³/mol. The lowest BCUT2D eigenvalue weighted by molar-refractivity contribution is 0.445. The lowest BCUT2D eigenvalue weighted by atomic mass is 9.97. The molecule has 0 radical (unpaired) electrons. The quantitative estimate of drug-likeness (QED) is 0.738. The molecule has 72 valence electrons. The molecule has 0 aliphatic heterocycles. The van der Waals surface area contributed by atoms with Gasteiger partial charge in [0.25, 0.3) is 0 Å². The van der Waals surface area contributed by atoms with Crippen molar-refractivity contribution in [3.63, 3.8) is 0 Å². The number of aromatic amines is 1. The van der Waals surface area contributed by atoms with Gasteiger partial charge in [0.05, 0.1) is 17.9 Å². The SMILES string of the molecule is NC(CC1CCCC1)c1cn[nH]n1. The monoisotopic (exact) mass is 180 g/mol. The van der Waals surface area contributed by atoms with E-state index in [0.717, 1.165) is 18.0 Å². The Hall–Kier alpha value is -0.900. The maximum atomic E-state index is 6.00. The second kappa shape index (κ2) is 3.87. The van der Waals surface area contributed by atoms with Gasteiger partial charge in [0.2, 0.25) is 0 Å². The van der Waals surface area contributed by atoms with Gasteiger partial charge in [-0.2, -0.15) is 15.4 Å². The van der Waals surface area contributed by atoms with Crippen molar-refractivity contribution in [3.8, 4) is 0 Å². The molecule has 1 aliphatic carbocycles. The van der Waals surface area contributed by atoms with Crippen LogP contribution in [0, 0.1) is 5.92 Å². The Morgan fingerprint density at radius 2 is 2.31 bits per heavy atom. The average molecular weight is 180 g/mol. The van der Waals surface area contributed by atoms with Crippen molar-refractivity contribution in [1.82, 2.24) is 15.4 Å². The van der Waals surface area contributed by atoms with Crippen LogP contribution in [0.15, 0.2) is 6.20 Å². The number of nitrogens with zero attached hydrogens (tertiary/aromatic N) is 2. The fraction of sp³-hybridized carbons (Fsp3) is 0.778. The summed E-state index contributed by atoms with van der Waals surface area (Å²) in [6.45, 7) is 0. The summed E-state index contributed by atoms with van der Waals surface area (Å²) in [5.74, 6) is 0.812. The number of nitrogens with two attached hydrogens (primary N) is 1. The maximum absolute atomic E-state index is 6.00. The largest absolute Gasteiger partial charge is 0.323 e. The molecule has 1 aliphatic rings. The Morgan fingerprint density at radius 3 is 2.92 bits per heavy atom. The van der Waals surface area contributed by atoms with E-state index in [1.165, 1.54) is 25.7 Å². The van der Waals surface area contributed by atoms with Crippen LogP contribution in [0.1, 0.15) is 43.8 Å². The lowest BCUT2D eigenvalue weighted by Crippen LogP contribution is -2.14. The number of aromatic nitrogens is 3. The molecule has 1 aromatic heterocycles. The molecular weight excluding hydrogens is 164 g/mol. The molecule has 1 heterocycles. The molecule has 0 saturated heterocycles. The molecule has 1 aromatic rings. The minimum atomic E-state index is 0.0712. The molecule has 1 fully saturated rings. The van der Waals surface area contributed by atoms with Crippen LogP contribution in [0.5, 0.6) is 0 Å². The van der Waals surface area contributed by atoms with Gasteiger partial charge in [0.1, 0.15) is 0 Å². The highest BCUT2D eigenvalue weighted by atomic mass is 15.3. The molecule has 1 unspecified atom stereocenters. The van der Waals surface area contributed by atoms with Crippen molar-refractivity contribution in [3.05, 3.63) is 11.9 Å². The minimum absolute atomic E-state index is 0.0712. The smallest absolute Gasteiger partial charge is 0.0991 e. The molecule has 0 aromatic carbocycles. The van der Waals surface area contributed by atoms with E-state index in [4.69, 9.17) is 5.73 Å². The summed E-state index contributed by atoms with van der Waals surface area (Å²) in [6.07, 6.45) is 8.20. The molecule has 2 rings (SSSR count). The van der Waals surface area contributed by atoms with Crippen LogP contribution in [0.4, 0.5) is 0 Å². The van der Waals surface area contributed by atoms with Crippen LogP contribution in [-0.4, -0.2) is 15.4 Å². The first-order valence-electron chi connectivity index (χ1n) is 4.97.